The number of aliphatic carboxylic acids is 1. The van der Waals surface area contributed by atoms with Crippen LogP contribution < -0.4 is 0 Å². The van der Waals surface area contributed by atoms with Gasteiger partial charge in [0.15, 0.2) is 5.78 Å². The molecule has 3 saturated carbocycles. The van der Waals surface area contributed by atoms with E-state index in [1.807, 2.05) is 6.92 Å². The molecule has 0 aliphatic heterocycles. The normalized spacial score (nSPS) is 52.6. The quantitative estimate of drug-likeness (QED) is 0.427. The SMILES string of the molecule is CC1(C)C=CC[C@]2(C)[C@H]3C(=O)C=C4[C@@H]5C[C@@](C)(C(=O)O)CC[C@]5(C)CC[C@@]4(C)[C@]3(C)CC[C@@H]12. The third kappa shape index (κ3) is 2.80. The zero-order valence-electron chi connectivity index (χ0n) is 21.9. The first kappa shape index (κ1) is 23.4. The summed E-state index contributed by atoms with van der Waals surface area (Å²) in [4.78, 5) is 26.4. The average molecular weight is 453 g/mol. The van der Waals surface area contributed by atoms with E-state index in [0.717, 1.165) is 38.5 Å². The summed E-state index contributed by atoms with van der Waals surface area (Å²) >= 11 is 0. The van der Waals surface area contributed by atoms with E-state index in [0.29, 0.717) is 18.1 Å². The molecule has 0 saturated heterocycles. The predicted molar refractivity (Wildman–Crippen MR) is 132 cm³/mol. The van der Waals surface area contributed by atoms with Gasteiger partial charge < -0.3 is 5.11 Å². The Bertz CT molecular complexity index is 973. The number of ketones is 1. The van der Waals surface area contributed by atoms with Crippen molar-refractivity contribution in [3.8, 4) is 0 Å². The fourth-order valence-electron chi connectivity index (χ4n) is 9.99. The van der Waals surface area contributed by atoms with Gasteiger partial charge in [0.25, 0.3) is 0 Å². The van der Waals surface area contributed by atoms with Crippen molar-refractivity contribution in [2.75, 3.05) is 0 Å². The van der Waals surface area contributed by atoms with E-state index in [2.05, 4.69) is 59.8 Å². The zero-order valence-corrected chi connectivity index (χ0v) is 21.9. The molecule has 0 bridgehead atoms. The third-order valence-corrected chi connectivity index (χ3v) is 12.4. The number of carbonyl (C=O) groups is 2. The number of carboxylic acids is 1. The summed E-state index contributed by atoms with van der Waals surface area (Å²) in [6.07, 6.45) is 14.7. The van der Waals surface area contributed by atoms with Gasteiger partial charge in [-0.15, -0.1) is 0 Å². The van der Waals surface area contributed by atoms with Gasteiger partial charge in [0, 0.05) is 5.92 Å². The highest BCUT2D eigenvalue weighted by Gasteiger charge is 2.69. The van der Waals surface area contributed by atoms with E-state index in [9.17, 15) is 14.7 Å². The monoisotopic (exact) mass is 452 g/mol. The molecule has 0 radical (unpaired) electrons. The second-order valence-corrected chi connectivity index (χ2v) is 14.5. The van der Waals surface area contributed by atoms with Crippen LogP contribution in [0.2, 0.25) is 0 Å². The van der Waals surface area contributed by atoms with Crippen molar-refractivity contribution in [1.82, 2.24) is 0 Å². The summed E-state index contributed by atoms with van der Waals surface area (Å²) < 4.78 is 0. The predicted octanol–water partition coefficient (Wildman–Crippen LogP) is 7.22. The number of rotatable bonds is 1. The van der Waals surface area contributed by atoms with Gasteiger partial charge in [0.05, 0.1) is 5.41 Å². The Hall–Kier alpha value is -1.38. The lowest BCUT2D eigenvalue weighted by Gasteiger charge is -2.69. The smallest absolute Gasteiger partial charge is 0.309 e. The molecule has 0 heterocycles. The molecule has 5 rings (SSSR count). The van der Waals surface area contributed by atoms with Gasteiger partial charge in [0.2, 0.25) is 0 Å². The molecule has 0 aromatic rings. The van der Waals surface area contributed by atoms with Gasteiger partial charge in [0.1, 0.15) is 0 Å². The summed E-state index contributed by atoms with van der Waals surface area (Å²) in [6.45, 7) is 16.3. The topological polar surface area (TPSA) is 54.4 Å². The minimum Gasteiger partial charge on any atom is -0.481 e. The fraction of sp³-hybridized carbons (Fsp3) is 0.800. The Morgan fingerprint density at radius 2 is 1.64 bits per heavy atom. The molecule has 0 amide bonds. The van der Waals surface area contributed by atoms with Crippen molar-refractivity contribution in [2.24, 2.45) is 50.2 Å². The van der Waals surface area contributed by atoms with E-state index < -0.39 is 11.4 Å². The van der Waals surface area contributed by atoms with Crippen LogP contribution in [0, 0.1) is 50.2 Å². The maximum absolute atomic E-state index is 14.2. The number of fused-ring (bicyclic) bond motifs is 7. The lowest BCUT2D eigenvalue weighted by Crippen LogP contribution is -2.65. The highest BCUT2D eigenvalue weighted by molar-refractivity contribution is 5.95. The molecule has 0 spiro atoms. The summed E-state index contributed by atoms with van der Waals surface area (Å²) in [7, 11) is 0. The van der Waals surface area contributed by atoms with Crippen LogP contribution in [0.1, 0.15) is 99.8 Å². The standard InChI is InChI=1S/C30H44O3/c1-25(2)10-8-11-28(5)22(25)9-12-30(7)23(28)21(31)17-19-20-18-27(4,24(32)33)14-13-26(20,3)15-16-29(19,30)6/h8,10,17,20,22-23H,9,11-16,18H2,1-7H3,(H,32,33)/t20-,22-,23+,26+,27-,28-,29+,30+/m0/s1. The van der Waals surface area contributed by atoms with E-state index in [4.69, 9.17) is 0 Å². The molecule has 182 valence electrons. The van der Waals surface area contributed by atoms with Crippen LogP contribution in [0.5, 0.6) is 0 Å². The van der Waals surface area contributed by atoms with E-state index in [1.165, 1.54) is 12.0 Å². The van der Waals surface area contributed by atoms with Crippen LogP contribution in [0.3, 0.4) is 0 Å². The molecule has 0 aromatic heterocycles. The summed E-state index contributed by atoms with van der Waals surface area (Å²) in [5.74, 6) is 0.416. The van der Waals surface area contributed by atoms with Crippen molar-refractivity contribution < 1.29 is 14.7 Å². The molecule has 1 N–H and O–H groups in total. The number of hydrogen-bond donors (Lipinski definition) is 1. The van der Waals surface area contributed by atoms with Crippen molar-refractivity contribution in [3.63, 3.8) is 0 Å². The summed E-state index contributed by atoms with van der Waals surface area (Å²) in [5, 5.41) is 10.0. The minimum absolute atomic E-state index is 0.0176. The molecule has 5 aliphatic carbocycles. The molecule has 0 aromatic carbocycles. The first-order chi connectivity index (χ1) is 15.1. The largest absolute Gasteiger partial charge is 0.481 e. The summed E-state index contributed by atoms with van der Waals surface area (Å²) in [5.41, 5.74) is 0.727. The van der Waals surface area contributed by atoms with Crippen molar-refractivity contribution in [2.45, 2.75) is 99.8 Å². The first-order valence-corrected chi connectivity index (χ1v) is 13.3. The highest BCUT2D eigenvalue weighted by atomic mass is 16.4. The van der Waals surface area contributed by atoms with Crippen LogP contribution >= 0.6 is 0 Å². The number of carbonyl (C=O) groups excluding carboxylic acids is 1. The van der Waals surface area contributed by atoms with Crippen LogP contribution in [0.15, 0.2) is 23.8 Å². The lowest BCUT2D eigenvalue weighted by atomic mass is 9.34. The van der Waals surface area contributed by atoms with Gasteiger partial charge in [-0.05, 0) is 103 Å². The fourth-order valence-corrected chi connectivity index (χ4v) is 9.99. The van der Waals surface area contributed by atoms with Gasteiger partial charge in [-0.1, -0.05) is 59.3 Å². The third-order valence-electron chi connectivity index (χ3n) is 12.4. The number of allylic oxidation sites excluding steroid dienone is 4. The maximum Gasteiger partial charge on any atom is 0.309 e. The van der Waals surface area contributed by atoms with Crippen LogP contribution in [0.4, 0.5) is 0 Å². The van der Waals surface area contributed by atoms with E-state index in [-0.39, 0.29) is 38.9 Å². The maximum atomic E-state index is 14.2. The van der Waals surface area contributed by atoms with Crippen LogP contribution in [-0.2, 0) is 9.59 Å². The molecule has 3 heteroatoms. The van der Waals surface area contributed by atoms with Crippen LogP contribution in [0.25, 0.3) is 0 Å². The molecular formula is C30H44O3. The zero-order chi connectivity index (χ0) is 24.2. The number of hydrogen-bond acceptors (Lipinski definition) is 2. The molecule has 5 aliphatic rings. The van der Waals surface area contributed by atoms with Gasteiger partial charge in [-0.3, -0.25) is 9.59 Å². The lowest BCUT2D eigenvalue weighted by molar-refractivity contribution is -0.174. The Labute approximate surface area is 200 Å². The molecule has 3 nitrogen and oxygen atoms in total. The second-order valence-electron chi connectivity index (χ2n) is 14.5. The first-order valence-electron chi connectivity index (χ1n) is 13.3. The van der Waals surface area contributed by atoms with Crippen molar-refractivity contribution in [3.05, 3.63) is 23.8 Å². The van der Waals surface area contributed by atoms with Crippen molar-refractivity contribution >= 4 is 11.8 Å². The van der Waals surface area contributed by atoms with E-state index in [1.54, 1.807) is 0 Å². The number of carboxylic acid groups (broad SMARTS) is 1. The Morgan fingerprint density at radius 3 is 2.30 bits per heavy atom. The Morgan fingerprint density at radius 1 is 0.970 bits per heavy atom. The Balaban J connectivity index is 1.64. The van der Waals surface area contributed by atoms with Gasteiger partial charge in [-0.25, -0.2) is 0 Å². The molecular weight excluding hydrogens is 408 g/mol. The molecule has 8 atom stereocenters. The molecule has 3 fully saturated rings. The van der Waals surface area contributed by atoms with Crippen LogP contribution in [-0.4, -0.2) is 16.9 Å². The van der Waals surface area contributed by atoms with Gasteiger partial charge in [-0.2, -0.15) is 0 Å². The minimum atomic E-state index is -0.689. The van der Waals surface area contributed by atoms with Gasteiger partial charge >= 0.3 is 5.97 Å². The molecule has 0 unspecified atom stereocenters. The second kappa shape index (κ2) is 6.64. The summed E-state index contributed by atoms with van der Waals surface area (Å²) in [6, 6.07) is 0. The van der Waals surface area contributed by atoms with Crippen molar-refractivity contribution in [1.29, 1.82) is 0 Å². The highest BCUT2D eigenvalue weighted by Crippen LogP contribution is 2.74. The van der Waals surface area contributed by atoms with E-state index >= 15 is 0 Å². The average Bonchev–Trinajstić information content (AvgIpc) is 2.70. The molecule has 33 heavy (non-hydrogen) atoms. The Kier molecular flexibility index (Phi) is 4.70.